The number of aromatic nitrogens is 1. The lowest BCUT2D eigenvalue weighted by Crippen LogP contribution is -1.92. The smallest absolute Gasteiger partial charge is 0.126 e. The van der Waals surface area contributed by atoms with Crippen LogP contribution < -0.4 is 4.74 Å². The summed E-state index contributed by atoms with van der Waals surface area (Å²) in [5.41, 5.74) is 3.16. The number of nitrogens with zero attached hydrogens (tertiary/aromatic N) is 1. The maximum absolute atomic E-state index is 5.56. The lowest BCUT2D eigenvalue weighted by Gasteiger charge is -2.13. The molecule has 0 N–H and O–H groups in total. The van der Waals surface area contributed by atoms with Crippen molar-refractivity contribution >= 4 is 32.4 Å². The van der Waals surface area contributed by atoms with Gasteiger partial charge in [0.25, 0.3) is 0 Å². The monoisotopic (exact) mass is 335 g/mol. The summed E-state index contributed by atoms with van der Waals surface area (Å²) in [5, 5.41) is 5.84. The molecule has 0 radical (unpaired) electrons. The molecule has 1 aromatic heterocycles. The Balaban J connectivity index is 1.95. The van der Waals surface area contributed by atoms with E-state index in [2.05, 4.69) is 66.7 Å². The van der Waals surface area contributed by atoms with E-state index < -0.39 is 0 Å². The van der Waals surface area contributed by atoms with Crippen LogP contribution in [0.1, 0.15) is 0 Å². The second-order valence-electron chi connectivity index (χ2n) is 6.38. The van der Waals surface area contributed by atoms with Gasteiger partial charge in [-0.3, -0.25) is 0 Å². The maximum Gasteiger partial charge on any atom is 0.126 e. The molecule has 0 aliphatic rings. The van der Waals surface area contributed by atoms with Gasteiger partial charge in [0.1, 0.15) is 5.75 Å². The molecular weight excluding hydrogens is 318 g/mol. The van der Waals surface area contributed by atoms with E-state index in [0.717, 1.165) is 33.3 Å². The van der Waals surface area contributed by atoms with Crippen LogP contribution in [0.4, 0.5) is 0 Å². The first kappa shape index (κ1) is 14.9. The van der Waals surface area contributed by atoms with E-state index in [1.807, 2.05) is 18.2 Å². The third kappa shape index (κ3) is 2.16. The van der Waals surface area contributed by atoms with E-state index in [1.54, 1.807) is 7.11 Å². The van der Waals surface area contributed by atoms with Crippen molar-refractivity contribution in [1.82, 2.24) is 4.98 Å². The average molecular weight is 335 g/mol. The molecule has 0 saturated heterocycles. The van der Waals surface area contributed by atoms with Crippen LogP contribution in [0.25, 0.3) is 43.7 Å². The molecular formula is C24H17NO. The molecule has 5 aromatic rings. The SMILES string of the molecule is COc1ccc(-c2nc3ccccc3c3ccccc23)c2ccccc12. The van der Waals surface area contributed by atoms with Gasteiger partial charge in [-0.1, -0.05) is 66.7 Å². The third-order valence-corrected chi connectivity index (χ3v) is 4.97. The van der Waals surface area contributed by atoms with Gasteiger partial charge in [0.2, 0.25) is 0 Å². The van der Waals surface area contributed by atoms with Crippen molar-refractivity contribution in [2.45, 2.75) is 0 Å². The zero-order valence-electron chi connectivity index (χ0n) is 14.4. The van der Waals surface area contributed by atoms with Gasteiger partial charge in [-0.25, -0.2) is 4.98 Å². The molecule has 2 heteroatoms. The highest BCUT2D eigenvalue weighted by atomic mass is 16.5. The topological polar surface area (TPSA) is 22.1 Å². The number of benzene rings is 4. The predicted molar refractivity (Wildman–Crippen MR) is 109 cm³/mol. The highest BCUT2D eigenvalue weighted by molar-refractivity contribution is 6.13. The van der Waals surface area contributed by atoms with Crippen molar-refractivity contribution in [3.05, 3.63) is 84.9 Å². The molecule has 4 aromatic carbocycles. The zero-order valence-corrected chi connectivity index (χ0v) is 14.4. The fourth-order valence-electron chi connectivity index (χ4n) is 3.77. The third-order valence-electron chi connectivity index (χ3n) is 4.97. The number of fused-ring (bicyclic) bond motifs is 4. The highest BCUT2D eigenvalue weighted by Gasteiger charge is 2.13. The maximum atomic E-state index is 5.56. The molecule has 0 atom stereocenters. The van der Waals surface area contributed by atoms with Gasteiger partial charge in [-0.2, -0.15) is 0 Å². The molecule has 2 nitrogen and oxygen atoms in total. The van der Waals surface area contributed by atoms with Crippen molar-refractivity contribution < 1.29 is 4.74 Å². The molecule has 0 aliphatic carbocycles. The fourth-order valence-corrected chi connectivity index (χ4v) is 3.77. The number of hydrogen-bond donors (Lipinski definition) is 0. The summed E-state index contributed by atoms with van der Waals surface area (Å²) in [4.78, 5) is 5.04. The molecule has 5 rings (SSSR count). The minimum Gasteiger partial charge on any atom is -0.496 e. The van der Waals surface area contributed by atoms with E-state index in [4.69, 9.17) is 9.72 Å². The average Bonchev–Trinajstić information content (AvgIpc) is 2.72. The van der Waals surface area contributed by atoms with Crippen molar-refractivity contribution in [3.8, 4) is 17.0 Å². The van der Waals surface area contributed by atoms with Crippen LogP contribution in [-0.2, 0) is 0 Å². The van der Waals surface area contributed by atoms with Crippen LogP contribution in [0.2, 0.25) is 0 Å². The molecule has 124 valence electrons. The molecule has 0 aliphatic heterocycles. The van der Waals surface area contributed by atoms with Crippen LogP contribution in [0, 0.1) is 0 Å². The quantitative estimate of drug-likeness (QED) is 0.357. The number of pyridine rings is 1. The summed E-state index contributed by atoms with van der Waals surface area (Å²) in [6.45, 7) is 0. The minimum atomic E-state index is 0.884. The Morgan fingerprint density at radius 2 is 1.19 bits per heavy atom. The van der Waals surface area contributed by atoms with Crippen LogP contribution in [0.15, 0.2) is 84.9 Å². The van der Waals surface area contributed by atoms with Gasteiger partial charge in [0, 0.05) is 21.7 Å². The van der Waals surface area contributed by atoms with Crippen molar-refractivity contribution in [3.63, 3.8) is 0 Å². The molecule has 0 amide bonds. The summed E-state index contributed by atoms with van der Waals surface area (Å²) in [7, 11) is 1.71. The summed E-state index contributed by atoms with van der Waals surface area (Å²) in [5.74, 6) is 0.884. The van der Waals surface area contributed by atoms with Gasteiger partial charge < -0.3 is 4.74 Å². The van der Waals surface area contributed by atoms with Crippen molar-refractivity contribution in [1.29, 1.82) is 0 Å². The van der Waals surface area contributed by atoms with Crippen LogP contribution in [0.5, 0.6) is 5.75 Å². The van der Waals surface area contributed by atoms with Crippen LogP contribution >= 0.6 is 0 Å². The first-order chi connectivity index (χ1) is 12.9. The van der Waals surface area contributed by atoms with E-state index in [1.165, 1.54) is 16.2 Å². The normalized spacial score (nSPS) is 11.3. The Morgan fingerprint density at radius 1 is 0.577 bits per heavy atom. The van der Waals surface area contributed by atoms with Gasteiger partial charge in [0.15, 0.2) is 0 Å². The second-order valence-corrected chi connectivity index (χ2v) is 6.38. The fraction of sp³-hybridized carbons (Fsp3) is 0.0417. The van der Waals surface area contributed by atoms with E-state index in [-0.39, 0.29) is 0 Å². The lowest BCUT2D eigenvalue weighted by atomic mass is 9.96. The number of ether oxygens (including phenoxy) is 1. The Bertz CT molecular complexity index is 1270. The number of hydrogen-bond acceptors (Lipinski definition) is 2. The summed E-state index contributed by atoms with van der Waals surface area (Å²) < 4.78 is 5.56. The molecule has 1 heterocycles. The van der Waals surface area contributed by atoms with E-state index in [9.17, 15) is 0 Å². The number of para-hydroxylation sites is 1. The Morgan fingerprint density at radius 3 is 1.96 bits per heavy atom. The van der Waals surface area contributed by atoms with E-state index in [0.29, 0.717) is 0 Å². The zero-order chi connectivity index (χ0) is 17.5. The molecule has 0 fully saturated rings. The molecule has 26 heavy (non-hydrogen) atoms. The number of rotatable bonds is 2. The molecule has 0 spiro atoms. The van der Waals surface area contributed by atoms with Gasteiger partial charge in [-0.15, -0.1) is 0 Å². The Hall–Kier alpha value is -3.39. The molecule has 0 unspecified atom stereocenters. The summed E-state index contributed by atoms with van der Waals surface area (Å²) in [6.07, 6.45) is 0. The first-order valence-corrected chi connectivity index (χ1v) is 8.70. The Labute approximate surface area is 151 Å². The lowest BCUT2D eigenvalue weighted by molar-refractivity contribution is 0.420. The summed E-state index contributed by atoms with van der Waals surface area (Å²) >= 11 is 0. The Kier molecular flexibility index (Phi) is 3.36. The standard InChI is InChI=1S/C24H17NO/c1-26-23-15-14-21(17-9-2-4-11-19(17)23)24-20-12-5-3-8-16(20)18-10-6-7-13-22(18)25-24/h2-15H,1H3. The largest absolute Gasteiger partial charge is 0.496 e. The molecule has 0 bridgehead atoms. The number of methoxy groups -OCH3 is 1. The second kappa shape index (κ2) is 5.85. The van der Waals surface area contributed by atoms with Crippen molar-refractivity contribution in [2.75, 3.05) is 7.11 Å². The van der Waals surface area contributed by atoms with Gasteiger partial charge in [0.05, 0.1) is 18.3 Å². The van der Waals surface area contributed by atoms with Crippen molar-refractivity contribution in [2.24, 2.45) is 0 Å². The first-order valence-electron chi connectivity index (χ1n) is 8.70. The predicted octanol–water partition coefficient (Wildman–Crippen LogP) is 6.22. The van der Waals surface area contributed by atoms with Gasteiger partial charge in [-0.05, 0) is 29.0 Å². The minimum absolute atomic E-state index is 0.884. The van der Waals surface area contributed by atoms with Crippen LogP contribution in [-0.4, -0.2) is 12.1 Å². The van der Waals surface area contributed by atoms with Crippen LogP contribution in [0.3, 0.4) is 0 Å². The molecule has 0 saturated carbocycles. The van der Waals surface area contributed by atoms with Gasteiger partial charge >= 0.3 is 0 Å². The van der Waals surface area contributed by atoms with E-state index >= 15 is 0 Å². The highest BCUT2D eigenvalue weighted by Crippen LogP contribution is 2.38. The summed E-state index contributed by atoms with van der Waals surface area (Å²) in [6, 6.07) is 29.3.